The number of aromatic hydroxyl groups is 1. The van der Waals surface area contributed by atoms with Gasteiger partial charge in [-0.05, 0) is 42.5 Å². The standard InChI is InChI=1S/C25H32N2O4/c1-31-22-15-19(10-11-21(22)28)24-20-9-5-6-12-25(20,30)13-14-27(24)17-23(29)26-16-18-7-3-2-4-8-18/h2-4,7-8,10-11,15,20,24,28,30H,5-6,9,12-14,16-17H2,1H3,(H,26,29)/t20-,24+,25+/m0/s1. The summed E-state index contributed by atoms with van der Waals surface area (Å²) in [6.45, 7) is 1.42. The molecule has 0 spiro atoms. The lowest BCUT2D eigenvalue weighted by Gasteiger charge is -2.52. The van der Waals surface area contributed by atoms with E-state index in [2.05, 4.69) is 10.2 Å². The number of hydrogen-bond acceptors (Lipinski definition) is 5. The van der Waals surface area contributed by atoms with Gasteiger partial charge < -0.3 is 20.3 Å². The molecule has 6 heteroatoms. The minimum atomic E-state index is -0.703. The Labute approximate surface area is 183 Å². The van der Waals surface area contributed by atoms with Gasteiger partial charge in [-0.1, -0.05) is 49.2 Å². The van der Waals surface area contributed by atoms with Crippen LogP contribution in [0.3, 0.4) is 0 Å². The van der Waals surface area contributed by atoms with Crippen LogP contribution in [0.1, 0.15) is 49.3 Å². The van der Waals surface area contributed by atoms with E-state index < -0.39 is 5.60 Å². The molecular formula is C25H32N2O4. The van der Waals surface area contributed by atoms with E-state index in [0.29, 0.717) is 25.3 Å². The Morgan fingerprint density at radius 2 is 2.00 bits per heavy atom. The van der Waals surface area contributed by atoms with Gasteiger partial charge in [0.2, 0.25) is 5.91 Å². The molecule has 1 amide bonds. The summed E-state index contributed by atoms with van der Waals surface area (Å²) in [5, 5.41) is 24.5. The second-order valence-electron chi connectivity index (χ2n) is 8.81. The lowest BCUT2D eigenvalue weighted by Crippen LogP contribution is -2.56. The van der Waals surface area contributed by atoms with E-state index in [0.717, 1.165) is 36.8 Å². The van der Waals surface area contributed by atoms with Gasteiger partial charge in [0.1, 0.15) is 0 Å². The Bertz CT molecular complexity index is 904. The van der Waals surface area contributed by atoms with E-state index in [9.17, 15) is 15.0 Å². The summed E-state index contributed by atoms with van der Waals surface area (Å²) in [6.07, 6.45) is 4.52. The summed E-state index contributed by atoms with van der Waals surface area (Å²) >= 11 is 0. The summed E-state index contributed by atoms with van der Waals surface area (Å²) in [7, 11) is 1.53. The molecule has 1 heterocycles. The lowest BCUT2D eigenvalue weighted by atomic mass is 9.66. The Morgan fingerprint density at radius 3 is 2.77 bits per heavy atom. The third-order valence-electron chi connectivity index (χ3n) is 6.90. The van der Waals surface area contributed by atoms with E-state index in [1.807, 2.05) is 42.5 Å². The van der Waals surface area contributed by atoms with Crippen molar-refractivity contribution in [3.63, 3.8) is 0 Å². The van der Waals surface area contributed by atoms with Crippen LogP contribution in [-0.4, -0.2) is 46.8 Å². The van der Waals surface area contributed by atoms with Crippen molar-refractivity contribution in [2.24, 2.45) is 5.92 Å². The third kappa shape index (κ3) is 4.70. The number of aliphatic hydroxyl groups is 1. The molecule has 0 radical (unpaired) electrons. The van der Waals surface area contributed by atoms with Gasteiger partial charge in [0.15, 0.2) is 11.5 Å². The number of hydrogen-bond donors (Lipinski definition) is 3. The molecule has 1 aliphatic carbocycles. The molecule has 0 aromatic heterocycles. The van der Waals surface area contributed by atoms with Crippen molar-refractivity contribution in [2.45, 2.75) is 50.3 Å². The summed E-state index contributed by atoms with van der Waals surface area (Å²) in [6, 6.07) is 15.1. The smallest absolute Gasteiger partial charge is 0.234 e. The van der Waals surface area contributed by atoms with Crippen LogP contribution in [0.4, 0.5) is 0 Å². The average Bonchev–Trinajstić information content (AvgIpc) is 2.79. The maximum absolute atomic E-state index is 12.8. The molecule has 1 saturated carbocycles. The molecule has 2 aromatic carbocycles. The maximum atomic E-state index is 12.8. The number of benzene rings is 2. The van der Waals surface area contributed by atoms with Crippen molar-refractivity contribution in [2.75, 3.05) is 20.2 Å². The van der Waals surface area contributed by atoms with E-state index in [1.165, 1.54) is 7.11 Å². The molecule has 3 N–H and O–H groups in total. The van der Waals surface area contributed by atoms with E-state index in [4.69, 9.17) is 4.74 Å². The van der Waals surface area contributed by atoms with Crippen LogP contribution in [0.2, 0.25) is 0 Å². The van der Waals surface area contributed by atoms with Crippen molar-refractivity contribution in [3.05, 3.63) is 59.7 Å². The van der Waals surface area contributed by atoms with Crippen LogP contribution < -0.4 is 10.1 Å². The number of phenolic OH excluding ortho intramolecular Hbond substituents is 1. The van der Waals surface area contributed by atoms with Gasteiger partial charge in [-0.25, -0.2) is 0 Å². The van der Waals surface area contributed by atoms with Crippen LogP contribution in [0.25, 0.3) is 0 Å². The number of carbonyl (C=O) groups is 1. The van der Waals surface area contributed by atoms with E-state index >= 15 is 0 Å². The van der Waals surface area contributed by atoms with Crippen LogP contribution in [0.15, 0.2) is 48.5 Å². The highest BCUT2D eigenvalue weighted by Crippen LogP contribution is 2.49. The zero-order valence-corrected chi connectivity index (χ0v) is 18.1. The normalized spacial score (nSPS) is 26.1. The Kier molecular flexibility index (Phi) is 6.49. The minimum absolute atomic E-state index is 0.0270. The first-order chi connectivity index (χ1) is 15.0. The molecule has 2 aliphatic rings. The molecule has 0 bridgehead atoms. The number of rotatable bonds is 6. The molecule has 166 valence electrons. The first kappa shape index (κ1) is 21.7. The van der Waals surface area contributed by atoms with Gasteiger partial charge in [-0.15, -0.1) is 0 Å². The van der Waals surface area contributed by atoms with Crippen LogP contribution in [0.5, 0.6) is 11.5 Å². The molecule has 2 aromatic rings. The van der Waals surface area contributed by atoms with Gasteiger partial charge in [0.05, 0.1) is 19.3 Å². The fourth-order valence-electron chi connectivity index (χ4n) is 5.28. The molecule has 6 nitrogen and oxygen atoms in total. The largest absolute Gasteiger partial charge is 0.504 e. The second-order valence-corrected chi connectivity index (χ2v) is 8.81. The summed E-state index contributed by atoms with van der Waals surface area (Å²) in [4.78, 5) is 15.0. The zero-order chi connectivity index (χ0) is 21.8. The van der Waals surface area contributed by atoms with Gasteiger partial charge >= 0.3 is 0 Å². The number of amides is 1. The molecule has 31 heavy (non-hydrogen) atoms. The number of piperidine rings is 1. The molecule has 3 atom stereocenters. The van der Waals surface area contributed by atoms with Gasteiger partial charge in [0.25, 0.3) is 0 Å². The number of phenols is 1. The lowest BCUT2D eigenvalue weighted by molar-refractivity contribution is -0.138. The molecule has 0 unspecified atom stereocenters. The number of nitrogens with zero attached hydrogens (tertiary/aromatic N) is 1. The van der Waals surface area contributed by atoms with Gasteiger partial charge in [-0.3, -0.25) is 9.69 Å². The monoisotopic (exact) mass is 424 g/mol. The van der Waals surface area contributed by atoms with Crippen LogP contribution in [-0.2, 0) is 11.3 Å². The number of methoxy groups -OCH3 is 1. The number of fused-ring (bicyclic) bond motifs is 1. The maximum Gasteiger partial charge on any atom is 0.234 e. The first-order valence-corrected chi connectivity index (χ1v) is 11.1. The van der Waals surface area contributed by atoms with Crippen molar-refractivity contribution in [1.82, 2.24) is 10.2 Å². The van der Waals surface area contributed by atoms with Crippen molar-refractivity contribution < 1.29 is 19.7 Å². The highest BCUT2D eigenvalue weighted by atomic mass is 16.5. The Balaban J connectivity index is 1.55. The van der Waals surface area contributed by atoms with Gasteiger partial charge in [0, 0.05) is 25.0 Å². The zero-order valence-electron chi connectivity index (χ0n) is 18.1. The SMILES string of the molecule is COc1cc([C@@H]2[C@@H]3CCCC[C@@]3(O)CCN2CC(=O)NCc2ccccc2)ccc1O. The molecule has 1 aliphatic heterocycles. The van der Waals surface area contributed by atoms with Crippen molar-refractivity contribution in [1.29, 1.82) is 0 Å². The van der Waals surface area contributed by atoms with Crippen molar-refractivity contribution >= 4 is 5.91 Å². The molecule has 4 rings (SSSR count). The fourth-order valence-corrected chi connectivity index (χ4v) is 5.28. The predicted molar refractivity (Wildman–Crippen MR) is 119 cm³/mol. The minimum Gasteiger partial charge on any atom is -0.504 e. The highest BCUT2D eigenvalue weighted by molar-refractivity contribution is 5.78. The highest BCUT2D eigenvalue weighted by Gasteiger charge is 2.49. The van der Waals surface area contributed by atoms with Crippen LogP contribution in [0, 0.1) is 5.92 Å². The Hall–Kier alpha value is -2.57. The number of ether oxygens (including phenoxy) is 1. The molecule has 2 fully saturated rings. The summed E-state index contributed by atoms with van der Waals surface area (Å²) in [5.41, 5.74) is 1.33. The average molecular weight is 425 g/mol. The number of carbonyl (C=O) groups excluding carboxylic acids is 1. The first-order valence-electron chi connectivity index (χ1n) is 11.1. The fraction of sp³-hybridized carbons (Fsp3) is 0.480. The summed E-state index contributed by atoms with van der Waals surface area (Å²) in [5.74, 6) is 0.524. The number of nitrogens with one attached hydrogen (secondary N) is 1. The Morgan fingerprint density at radius 1 is 1.19 bits per heavy atom. The summed E-state index contributed by atoms with van der Waals surface area (Å²) < 4.78 is 5.33. The topological polar surface area (TPSA) is 82.0 Å². The molecule has 1 saturated heterocycles. The molecular weight excluding hydrogens is 392 g/mol. The second kappa shape index (κ2) is 9.28. The van der Waals surface area contributed by atoms with Crippen molar-refractivity contribution in [3.8, 4) is 11.5 Å². The van der Waals surface area contributed by atoms with E-state index in [1.54, 1.807) is 6.07 Å². The third-order valence-corrected chi connectivity index (χ3v) is 6.90. The van der Waals surface area contributed by atoms with E-state index in [-0.39, 0.29) is 30.2 Å². The van der Waals surface area contributed by atoms with Gasteiger partial charge in [-0.2, -0.15) is 0 Å². The van der Waals surface area contributed by atoms with Crippen LogP contribution >= 0.6 is 0 Å². The number of likely N-dealkylation sites (tertiary alicyclic amines) is 1. The quantitative estimate of drug-likeness (QED) is 0.662. The predicted octanol–water partition coefficient (Wildman–Crippen LogP) is 3.39.